The lowest BCUT2D eigenvalue weighted by molar-refractivity contribution is -0.384. The lowest BCUT2D eigenvalue weighted by Gasteiger charge is -2.34. The number of nitro groups is 1. The van der Waals surface area contributed by atoms with Gasteiger partial charge in [-0.15, -0.1) is 0 Å². The van der Waals surface area contributed by atoms with Crippen molar-refractivity contribution in [3.05, 3.63) is 44.8 Å². The van der Waals surface area contributed by atoms with Crippen LogP contribution >= 0.6 is 11.8 Å². The number of carbonyl (C=O) groups excluding carboxylic acids is 1. The van der Waals surface area contributed by atoms with Gasteiger partial charge in [-0.25, -0.2) is 0 Å². The second kappa shape index (κ2) is 8.12. The number of thioether (sulfide) groups is 1. The van der Waals surface area contributed by atoms with Crippen molar-refractivity contribution in [3.8, 4) is 6.07 Å². The maximum Gasteiger partial charge on any atom is 0.286 e. The van der Waals surface area contributed by atoms with E-state index >= 15 is 0 Å². The molecule has 1 amide bonds. The molecule has 8 nitrogen and oxygen atoms in total. The number of nitrogens with zero attached hydrogens (tertiary/aromatic N) is 5. The van der Waals surface area contributed by atoms with E-state index in [1.54, 1.807) is 18.2 Å². The van der Waals surface area contributed by atoms with E-state index in [1.807, 2.05) is 0 Å². The van der Waals surface area contributed by atoms with Crippen molar-refractivity contribution in [2.75, 3.05) is 32.7 Å². The molecule has 9 heteroatoms. The number of hydrogen-bond acceptors (Lipinski definition) is 7. The number of amidine groups is 1. The highest BCUT2D eigenvalue weighted by Gasteiger charge is 2.28. The molecule has 0 radical (unpaired) electrons. The number of hydrogen-bond donors (Lipinski definition) is 0. The number of non-ortho nitro benzene ring substituents is 1. The van der Waals surface area contributed by atoms with E-state index in [2.05, 4.69) is 20.9 Å². The van der Waals surface area contributed by atoms with Gasteiger partial charge in [-0.1, -0.05) is 12.1 Å². The molecule has 3 rings (SSSR count). The number of nitro benzene ring substituents is 1. The van der Waals surface area contributed by atoms with E-state index in [0.29, 0.717) is 22.1 Å². The summed E-state index contributed by atoms with van der Waals surface area (Å²) in [6.07, 6.45) is 2.16. The largest absolute Gasteiger partial charge is 0.348 e. The summed E-state index contributed by atoms with van der Waals surface area (Å²) >= 11 is 1.30. The number of aliphatic imine (C=N–C) groups is 1. The third-order valence-electron chi connectivity index (χ3n) is 4.17. The molecule has 2 heterocycles. The zero-order valence-electron chi connectivity index (χ0n) is 14.0. The highest BCUT2D eigenvalue weighted by molar-refractivity contribution is 8.18. The van der Waals surface area contributed by atoms with Crippen LogP contribution in [0.2, 0.25) is 0 Å². The SMILES string of the molecule is N#CCCN1CCN(C2=NC(=O)/C(=C\c3cccc([N+](=O)[O-])c3)S2)CC1. The molecule has 0 bridgehead atoms. The normalized spacial score (nSPS) is 19.5. The summed E-state index contributed by atoms with van der Waals surface area (Å²) in [4.78, 5) is 31.5. The Morgan fingerprint density at radius 2 is 2.12 bits per heavy atom. The fraction of sp³-hybridized carbons (Fsp3) is 0.353. The molecule has 1 fully saturated rings. The van der Waals surface area contributed by atoms with Gasteiger partial charge >= 0.3 is 0 Å². The topological polar surface area (TPSA) is 103 Å². The van der Waals surface area contributed by atoms with Gasteiger partial charge in [-0.3, -0.25) is 19.8 Å². The zero-order valence-corrected chi connectivity index (χ0v) is 14.8. The minimum atomic E-state index is -0.459. The maximum atomic E-state index is 12.2. The van der Waals surface area contributed by atoms with Gasteiger partial charge in [0.15, 0.2) is 5.17 Å². The van der Waals surface area contributed by atoms with Crippen molar-refractivity contribution in [3.63, 3.8) is 0 Å². The second-order valence-electron chi connectivity index (χ2n) is 5.90. The van der Waals surface area contributed by atoms with Crippen LogP contribution < -0.4 is 0 Å². The average molecular weight is 371 g/mol. The summed E-state index contributed by atoms with van der Waals surface area (Å²) < 4.78 is 0. The van der Waals surface area contributed by atoms with E-state index < -0.39 is 4.92 Å². The Bertz CT molecular complexity index is 822. The number of nitriles is 1. The first-order chi connectivity index (χ1) is 12.6. The predicted molar refractivity (Wildman–Crippen MR) is 99.3 cm³/mol. The summed E-state index contributed by atoms with van der Waals surface area (Å²) in [5.74, 6) is -0.316. The molecule has 1 aromatic rings. The van der Waals surface area contributed by atoms with Gasteiger partial charge in [0, 0.05) is 51.3 Å². The first-order valence-corrected chi connectivity index (χ1v) is 9.00. The van der Waals surface area contributed by atoms with Crippen molar-refractivity contribution in [2.24, 2.45) is 4.99 Å². The Morgan fingerprint density at radius 3 is 2.81 bits per heavy atom. The lowest BCUT2D eigenvalue weighted by Crippen LogP contribution is -2.47. The predicted octanol–water partition coefficient (Wildman–Crippen LogP) is 2.10. The highest BCUT2D eigenvalue weighted by Crippen LogP contribution is 2.31. The average Bonchev–Trinajstić information content (AvgIpc) is 3.01. The smallest absolute Gasteiger partial charge is 0.286 e. The molecule has 0 spiro atoms. The van der Waals surface area contributed by atoms with E-state index in [4.69, 9.17) is 5.26 Å². The number of piperazine rings is 1. The number of benzene rings is 1. The van der Waals surface area contributed by atoms with Crippen LogP contribution in [0.3, 0.4) is 0 Å². The van der Waals surface area contributed by atoms with Gasteiger partial charge in [0.2, 0.25) is 0 Å². The first kappa shape index (κ1) is 18.1. The highest BCUT2D eigenvalue weighted by atomic mass is 32.2. The Morgan fingerprint density at radius 1 is 1.35 bits per heavy atom. The second-order valence-corrected chi connectivity index (χ2v) is 6.91. The van der Waals surface area contributed by atoms with Crippen LogP contribution in [0.4, 0.5) is 5.69 Å². The number of carbonyl (C=O) groups is 1. The fourth-order valence-corrected chi connectivity index (χ4v) is 3.75. The Labute approximate surface area is 154 Å². The van der Waals surface area contributed by atoms with Crippen molar-refractivity contribution in [1.29, 1.82) is 5.26 Å². The monoisotopic (exact) mass is 371 g/mol. The van der Waals surface area contributed by atoms with E-state index in [0.717, 1.165) is 32.7 Å². The Kier molecular flexibility index (Phi) is 5.65. The summed E-state index contributed by atoms with van der Waals surface area (Å²) in [6, 6.07) is 8.32. The summed E-state index contributed by atoms with van der Waals surface area (Å²) in [5.41, 5.74) is 0.595. The maximum absolute atomic E-state index is 12.2. The molecule has 2 aliphatic heterocycles. The van der Waals surface area contributed by atoms with Crippen molar-refractivity contribution in [2.45, 2.75) is 6.42 Å². The lowest BCUT2D eigenvalue weighted by atomic mass is 10.2. The van der Waals surface area contributed by atoms with Gasteiger partial charge in [0.25, 0.3) is 11.6 Å². The molecule has 0 aliphatic carbocycles. The minimum absolute atomic E-state index is 0.00979. The van der Waals surface area contributed by atoms with Crippen LogP contribution in [0.15, 0.2) is 34.2 Å². The summed E-state index contributed by atoms with van der Waals surface area (Å²) in [7, 11) is 0. The molecule has 0 saturated carbocycles. The van der Waals surface area contributed by atoms with Gasteiger partial charge in [-0.05, 0) is 23.4 Å². The molecule has 1 aromatic carbocycles. The molecular weight excluding hydrogens is 354 g/mol. The van der Waals surface area contributed by atoms with Crippen LogP contribution in [0.1, 0.15) is 12.0 Å². The van der Waals surface area contributed by atoms with Gasteiger partial charge in [0.1, 0.15) is 0 Å². The first-order valence-electron chi connectivity index (χ1n) is 8.18. The number of amides is 1. The molecule has 0 atom stereocenters. The standard InChI is InChI=1S/C17H17N5O3S/c18-5-2-6-20-7-9-21(10-8-20)17-19-16(23)15(26-17)12-13-3-1-4-14(11-13)22(24)25/h1,3-4,11-12H,2,6-10H2/b15-12+. The Hall–Kier alpha value is -2.70. The quantitative estimate of drug-likeness (QED) is 0.453. The third kappa shape index (κ3) is 4.28. The van der Waals surface area contributed by atoms with Crippen LogP contribution in [0.5, 0.6) is 0 Å². The molecule has 26 heavy (non-hydrogen) atoms. The molecule has 0 aromatic heterocycles. The molecular formula is C17H17N5O3S. The molecule has 0 unspecified atom stereocenters. The molecule has 0 N–H and O–H groups in total. The van der Waals surface area contributed by atoms with Gasteiger partial charge < -0.3 is 4.90 Å². The van der Waals surface area contributed by atoms with Crippen molar-refractivity contribution < 1.29 is 9.72 Å². The third-order valence-corrected chi connectivity index (χ3v) is 5.22. The van der Waals surface area contributed by atoms with E-state index in [-0.39, 0.29) is 11.6 Å². The van der Waals surface area contributed by atoms with Crippen LogP contribution in [0.25, 0.3) is 6.08 Å². The zero-order chi connectivity index (χ0) is 18.5. The van der Waals surface area contributed by atoms with Crippen LogP contribution in [-0.4, -0.2) is 58.5 Å². The van der Waals surface area contributed by atoms with Crippen LogP contribution in [0, 0.1) is 21.4 Å². The molecule has 1 saturated heterocycles. The summed E-state index contributed by atoms with van der Waals surface area (Å²) in [5, 5.41) is 20.2. The Balaban J connectivity index is 1.63. The van der Waals surface area contributed by atoms with Crippen molar-refractivity contribution >= 4 is 34.6 Å². The van der Waals surface area contributed by atoms with Gasteiger partial charge in [0.05, 0.1) is 15.9 Å². The summed E-state index contributed by atoms with van der Waals surface area (Å²) in [6.45, 7) is 3.95. The molecule has 134 valence electrons. The van der Waals surface area contributed by atoms with E-state index in [9.17, 15) is 14.9 Å². The van der Waals surface area contributed by atoms with Gasteiger partial charge in [-0.2, -0.15) is 10.3 Å². The van der Waals surface area contributed by atoms with Crippen molar-refractivity contribution in [1.82, 2.24) is 9.80 Å². The minimum Gasteiger partial charge on any atom is -0.348 e. The fourth-order valence-electron chi connectivity index (χ4n) is 2.78. The number of rotatable bonds is 4. The van der Waals surface area contributed by atoms with Crippen LogP contribution in [-0.2, 0) is 4.79 Å². The van der Waals surface area contributed by atoms with E-state index in [1.165, 1.54) is 23.9 Å². The molecule has 2 aliphatic rings.